The van der Waals surface area contributed by atoms with Crippen molar-refractivity contribution in [1.29, 1.82) is 0 Å². The molecule has 0 unspecified atom stereocenters. The molecule has 4 rings (SSSR count). The summed E-state index contributed by atoms with van der Waals surface area (Å²) in [6.45, 7) is 6.14. The first-order valence-electron chi connectivity index (χ1n) is 13.2. The molecule has 0 amide bonds. The summed E-state index contributed by atoms with van der Waals surface area (Å²) in [5, 5.41) is 17.2. The standard InChI is InChI=1S/C29H36N6O/c1-3-5-7-9-17-34-21-27(30-32-34)23-13-11-15-25(19-23)29(36)26-16-12-14-24(20-26)28-22-35(33-31-28)18-10-8-6-4-2/h11-16,19-22H,3-10,17-18H2,1-2H3. The van der Waals surface area contributed by atoms with Gasteiger partial charge in [-0.3, -0.25) is 14.2 Å². The van der Waals surface area contributed by atoms with Crippen molar-refractivity contribution in [3.63, 3.8) is 0 Å². The Bertz CT molecular complexity index is 1160. The summed E-state index contributed by atoms with van der Waals surface area (Å²) in [5.74, 6) is -0.0300. The predicted octanol–water partition coefficient (Wildman–Crippen LogP) is 6.60. The van der Waals surface area contributed by atoms with E-state index in [1.165, 1.54) is 38.5 Å². The lowest BCUT2D eigenvalue weighted by atomic mass is 9.98. The molecule has 7 nitrogen and oxygen atoms in total. The van der Waals surface area contributed by atoms with Gasteiger partial charge in [0.15, 0.2) is 5.78 Å². The Morgan fingerprint density at radius 2 is 1.14 bits per heavy atom. The van der Waals surface area contributed by atoms with Crippen LogP contribution in [0.15, 0.2) is 60.9 Å². The molecule has 2 aromatic heterocycles. The highest BCUT2D eigenvalue weighted by Gasteiger charge is 2.14. The average molecular weight is 485 g/mol. The second-order valence-corrected chi connectivity index (χ2v) is 9.35. The Kier molecular flexibility index (Phi) is 9.14. The number of aryl methyl sites for hydroxylation is 2. The highest BCUT2D eigenvalue weighted by atomic mass is 16.1. The minimum absolute atomic E-state index is 0.0300. The maximum absolute atomic E-state index is 13.3. The number of carbonyl (C=O) groups is 1. The summed E-state index contributed by atoms with van der Waals surface area (Å²) in [6.07, 6.45) is 13.4. The quantitative estimate of drug-likeness (QED) is 0.149. The van der Waals surface area contributed by atoms with E-state index in [0.717, 1.165) is 48.4 Å². The number of hydrogen-bond donors (Lipinski definition) is 0. The summed E-state index contributed by atoms with van der Waals surface area (Å²) in [4.78, 5) is 13.3. The van der Waals surface area contributed by atoms with Gasteiger partial charge in [0.05, 0.1) is 12.4 Å². The zero-order valence-electron chi connectivity index (χ0n) is 21.4. The number of unbranched alkanes of at least 4 members (excludes halogenated alkanes) is 6. The Morgan fingerprint density at radius 1 is 0.667 bits per heavy atom. The van der Waals surface area contributed by atoms with Crippen molar-refractivity contribution in [2.75, 3.05) is 0 Å². The van der Waals surface area contributed by atoms with Crippen LogP contribution in [0.3, 0.4) is 0 Å². The van der Waals surface area contributed by atoms with Gasteiger partial charge in [-0.05, 0) is 25.0 Å². The molecule has 0 fully saturated rings. The van der Waals surface area contributed by atoms with Gasteiger partial charge < -0.3 is 0 Å². The molecule has 36 heavy (non-hydrogen) atoms. The summed E-state index contributed by atoms with van der Waals surface area (Å²) in [5.41, 5.74) is 4.60. The fourth-order valence-electron chi connectivity index (χ4n) is 4.29. The number of carbonyl (C=O) groups excluding carboxylic acids is 1. The van der Waals surface area contributed by atoms with Gasteiger partial charge in [0.2, 0.25) is 0 Å². The van der Waals surface area contributed by atoms with E-state index in [9.17, 15) is 4.79 Å². The zero-order chi connectivity index (χ0) is 25.2. The van der Waals surface area contributed by atoms with Crippen molar-refractivity contribution >= 4 is 5.78 Å². The van der Waals surface area contributed by atoms with E-state index in [1.54, 1.807) is 0 Å². The number of hydrogen-bond acceptors (Lipinski definition) is 5. The minimum atomic E-state index is -0.0300. The van der Waals surface area contributed by atoms with Crippen LogP contribution in [0.4, 0.5) is 0 Å². The fourth-order valence-corrected chi connectivity index (χ4v) is 4.29. The maximum atomic E-state index is 13.3. The number of benzene rings is 2. The highest BCUT2D eigenvalue weighted by Crippen LogP contribution is 2.23. The van der Waals surface area contributed by atoms with Gasteiger partial charge in [0.1, 0.15) is 11.4 Å². The Morgan fingerprint density at radius 3 is 1.58 bits per heavy atom. The largest absolute Gasteiger partial charge is 0.289 e. The Balaban J connectivity index is 1.44. The van der Waals surface area contributed by atoms with Gasteiger partial charge >= 0.3 is 0 Å². The van der Waals surface area contributed by atoms with Crippen molar-refractivity contribution in [3.05, 3.63) is 72.1 Å². The molecule has 0 N–H and O–H groups in total. The molecule has 0 atom stereocenters. The number of nitrogens with zero attached hydrogens (tertiary/aromatic N) is 6. The molecule has 0 aliphatic rings. The summed E-state index contributed by atoms with van der Waals surface area (Å²) >= 11 is 0. The molecular formula is C29H36N6O. The fraction of sp³-hybridized carbons (Fsp3) is 0.414. The monoisotopic (exact) mass is 484 g/mol. The lowest BCUT2D eigenvalue weighted by molar-refractivity contribution is 0.103. The second kappa shape index (κ2) is 12.9. The van der Waals surface area contributed by atoms with Crippen molar-refractivity contribution in [2.24, 2.45) is 0 Å². The van der Waals surface area contributed by atoms with Crippen molar-refractivity contribution in [2.45, 2.75) is 78.3 Å². The van der Waals surface area contributed by atoms with Gasteiger partial charge in [-0.1, -0.05) is 99.2 Å². The van der Waals surface area contributed by atoms with Crippen LogP contribution < -0.4 is 0 Å². The summed E-state index contributed by atoms with van der Waals surface area (Å²) in [7, 11) is 0. The van der Waals surface area contributed by atoms with E-state index < -0.39 is 0 Å². The lowest BCUT2D eigenvalue weighted by Gasteiger charge is -2.05. The van der Waals surface area contributed by atoms with Crippen LogP contribution in [0.25, 0.3) is 22.5 Å². The highest BCUT2D eigenvalue weighted by molar-refractivity contribution is 6.10. The third kappa shape index (κ3) is 6.74. The van der Waals surface area contributed by atoms with Crippen LogP contribution in [0.5, 0.6) is 0 Å². The van der Waals surface area contributed by atoms with E-state index in [2.05, 4.69) is 34.5 Å². The van der Waals surface area contributed by atoms with E-state index in [1.807, 2.05) is 70.3 Å². The SMILES string of the molecule is CCCCCCn1cc(-c2cccc(C(=O)c3cccc(-c4cn(CCCCCC)nn4)c3)c2)nn1. The molecule has 0 radical (unpaired) electrons. The lowest BCUT2D eigenvalue weighted by Crippen LogP contribution is -2.01. The molecule has 2 heterocycles. The van der Waals surface area contributed by atoms with Crippen LogP contribution in [-0.2, 0) is 13.1 Å². The van der Waals surface area contributed by atoms with Crippen molar-refractivity contribution in [1.82, 2.24) is 30.0 Å². The van der Waals surface area contributed by atoms with E-state index in [0.29, 0.717) is 11.1 Å². The third-order valence-electron chi connectivity index (χ3n) is 6.40. The smallest absolute Gasteiger partial charge is 0.193 e. The minimum Gasteiger partial charge on any atom is -0.289 e. The second-order valence-electron chi connectivity index (χ2n) is 9.35. The predicted molar refractivity (Wildman–Crippen MR) is 143 cm³/mol. The van der Waals surface area contributed by atoms with Crippen LogP contribution >= 0.6 is 0 Å². The average Bonchev–Trinajstić information content (AvgIpc) is 3.59. The third-order valence-corrected chi connectivity index (χ3v) is 6.40. The molecule has 2 aromatic carbocycles. The zero-order valence-corrected chi connectivity index (χ0v) is 21.4. The first-order valence-corrected chi connectivity index (χ1v) is 13.2. The molecule has 0 aliphatic heterocycles. The number of rotatable bonds is 14. The molecule has 188 valence electrons. The van der Waals surface area contributed by atoms with E-state index in [4.69, 9.17) is 0 Å². The summed E-state index contributed by atoms with van der Waals surface area (Å²) in [6, 6.07) is 15.2. The molecular weight excluding hydrogens is 448 g/mol. The van der Waals surface area contributed by atoms with Crippen molar-refractivity contribution < 1.29 is 4.79 Å². The van der Waals surface area contributed by atoms with Gasteiger partial charge in [0, 0.05) is 35.3 Å². The Hall–Kier alpha value is -3.61. The van der Waals surface area contributed by atoms with E-state index >= 15 is 0 Å². The molecule has 0 spiro atoms. The first-order chi connectivity index (χ1) is 17.7. The van der Waals surface area contributed by atoms with Gasteiger partial charge in [-0.15, -0.1) is 10.2 Å². The summed E-state index contributed by atoms with van der Waals surface area (Å²) < 4.78 is 3.78. The topological polar surface area (TPSA) is 78.5 Å². The molecule has 0 aliphatic carbocycles. The molecule has 0 bridgehead atoms. The molecule has 4 aromatic rings. The van der Waals surface area contributed by atoms with Crippen molar-refractivity contribution in [3.8, 4) is 22.5 Å². The molecule has 0 saturated carbocycles. The normalized spacial score (nSPS) is 11.2. The van der Waals surface area contributed by atoms with Crippen LogP contribution in [-0.4, -0.2) is 35.8 Å². The van der Waals surface area contributed by atoms with Crippen LogP contribution in [0, 0.1) is 0 Å². The van der Waals surface area contributed by atoms with E-state index in [-0.39, 0.29) is 5.78 Å². The molecule has 7 heteroatoms. The van der Waals surface area contributed by atoms with Gasteiger partial charge in [0.25, 0.3) is 0 Å². The molecule has 0 saturated heterocycles. The van der Waals surface area contributed by atoms with Crippen LogP contribution in [0.1, 0.15) is 81.1 Å². The Labute approximate surface area is 213 Å². The van der Waals surface area contributed by atoms with Crippen LogP contribution in [0.2, 0.25) is 0 Å². The van der Waals surface area contributed by atoms with Gasteiger partial charge in [-0.25, -0.2) is 0 Å². The number of aromatic nitrogens is 6. The first kappa shape index (κ1) is 25.5. The maximum Gasteiger partial charge on any atom is 0.193 e. The number of ketones is 1. The van der Waals surface area contributed by atoms with Gasteiger partial charge in [-0.2, -0.15) is 0 Å².